The first-order chi connectivity index (χ1) is 7.46. The van der Waals surface area contributed by atoms with Gasteiger partial charge in [-0.2, -0.15) is 0 Å². The Morgan fingerprint density at radius 1 is 1.56 bits per heavy atom. The molecule has 1 aliphatic heterocycles. The van der Waals surface area contributed by atoms with E-state index in [9.17, 15) is 4.79 Å². The molecule has 1 fully saturated rings. The molecule has 1 rings (SSSR count). The third-order valence-corrected chi connectivity index (χ3v) is 3.48. The Balaban J connectivity index is 2.69. The summed E-state index contributed by atoms with van der Waals surface area (Å²) < 4.78 is 0. The van der Waals surface area contributed by atoms with Crippen LogP contribution in [0.15, 0.2) is 0 Å². The topological polar surface area (TPSA) is 61.4 Å². The van der Waals surface area contributed by atoms with Crippen LogP contribution >= 0.6 is 0 Å². The van der Waals surface area contributed by atoms with Gasteiger partial charge < -0.3 is 15.7 Å². The van der Waals surface area contributed by atoms with E-state index in [1.807, 2.05) is 13.8 Å². The third-order valence-electron chi connectivity index (χ3n) is 3.48. The maximum atomic E-state index is 12.3. The normalized spacial score (nSPS) is 26.5. The van der Waals surface area contributed by atoms with Crippen LogP contribution in [-0.4, -0.2) is 36.2 Å². The number of hydrogen-bond donors (Lipinski definition) is 3. The van der Waals surface area contributed by atoms with Gasteiger partial charge in [0.05, 0.1) is 17.6 Å². The Morgan fingerprint density at radius 2 is 2.25 bits per heavy atom. The van der Waals surface area contributed by atoms with Gasteiger partial charge in [0, 0.05) is 6.54 Å². The minimum Gasteiger partial charge on any atom is -0.394 e. The summed E-state index contributed by atoms with van der Waals surface area (Å²) >= 11 is 0. The number of carbonyl (C=O) groups excluding carboxylic acids is 1. The van der Waals surface area contributed by atoms with Crippen LogP contribution in [0.1, 0.15) is 40.0 Å². The Hall–Kier alpha value is -0.610. The molecule has 94 valence electrons. The molecule has 1 aliphatic rings. The second-order valence-corrected chi connectivity index (χ2v) is 5.41. The van der Waals surface area contributed by atoms with Crippen LogP contribution in [0, 0.1) is 5.41 Å². The van der Waals surface area contributed by atoms with Crippen LogP contribution < -0.4 is 10.6 Å². The SMILES string of the molecule is CCC1(C(=O)NC(C)(C)CO)CCCNC1. The van der Waals surface area contributed by atoms with Gasteiger partial charge in [-0.05, 0) is 39.7 Å². The summed E-state index contributed by atoms with van der Waals surface area (Å²) in [6, 6.07) is 0. The number of amides is 1. The number of rotatable bonds is 4. The average molecular weight is 228 g/mol. The van der Waals surface area contributed by atoms with Gasteiger partial charge >= 0.3 is 0 Å². The number of aliphatic hydroxyl groups is 1. The van der Waals surface area contributed by atoms with Crippen molar-refractivity contribution in [2.75, 3.05) is 19.7 Å². The van der Waals surface area contributed by atoms with Crippen LogP contribution in [0.4, 0.5) is 0 Å². The minimum absolute atomic E-state index is 0.0358. The zero-order chi connectivity index (χ0) is 12.2. The minimum atomic E-state index is -0.531. The zero-order valence-electron chi connectivity index (χ0n) is 10.6. The zero-order valence-corrected chi connectivity index (χ0v) is 10.6. The Kier molecular flexibility index (Phi) is 4.33. The Bertz CT molecular complexity index is 245. The molecule has 1 unspecified atom stereocenters. The second kappa shape index (κ2) is 5.15. The molecule has 4 nitrogen and oxygen atoms in total. The molecule has 0 aromatic carbocycles. The lowest BCUT2D eigenvalue weighted by Gasteiger charge is -2.38. The largest absolute Gasteiger partial charge is 0.394 e. The third kappa shape index (κ3) is 2.95. The lowest BCUT2D eigenvalue weighted by Crippen LogP contribution is -2.56. The van der Waals surface area contributed by atoms with Crippen LogP contribution in [0.2, 0.25) is 0 Å². The smallest absolute Gasteiger partial charge is 0.227 e. The van der Waals surface area contributed by atoms with Gasteiger partial charge in [-0.1, -0.05) is 6.92 Å². The summed E-state index contributed by atoms with van der Waals surface area (Å²) in [5.41, 5.74) is -0.818. The first-order valence-electron chi connectivity index (χ1n) is 6.10. The van der Waals surface area contributed by atoms with Gasteiger partial charge in [-0.25, -0.2) is 0 Å². The van der Waals surface area contributed by atoms with E-state index >= 15 is 0 Å². The predicted molar refractivity (Wildman–Crippen MR) is 64.1 cm³/mol. The molecule has 3 N–H and O–H groups in total. The summed E-state index contributed by atoms with van der Waals surface area (Å²) in [5.74, 6) is 0.0706. The van der Waals surface area contributed by atoms with E-state index in [2.05, 4.69) is 17.6 Å². The molecule has 0 aliphatic carbocycles. The molecule has 0 aromatic heterocycles. The fraction of sp³-hybridized carbons (Fsp3) is 0.917. The molecule has 1 saturated heterocycles. The van der Waals surface area contributed by atoms with E-state index in [4.69, 9.17) is 5.11 Å². The van der Waals surface area contributed by atoms with Crippen molar-refractivity contribution in [2.24, 2.45) is 5.41 Å². The molecular formula is C12H24N2O2. The lowest BCUT2D eigenvalue weighted by molar-refractivity contribution is -0.134. The van der Waals surface area contributed by atoms with E-state index in [1.54, 1.807) is 0 Å². The summed E-state index contributed by atoms with van der Waals surface area (Å²) in [4.78, 5) is 12.3. The van der Waals surface area contributed by atoms with E-state index in [1.165, 1.54) is 0 Å². The van der Waals surface area contributed by atoms with Gasteiger partial charge in [-0.15, -0.1) is 0 Å². The predicted octanol–water partition coefficient (Wildman–Crippen LogP) is 0.653. The summed E-state index contributed by atoms with van der Waals surface area (Å²) in [6.07, 6.45) is 2.82. The maximum Gasteiger partial charge on any atom is 0.227 e. The molecule has 16 heavy (non-hydrogen) atoms. The summed E-state index contributed by atoms with van der Waals surface area (Å²) in [6.45, 7) is 7.44. The fourth-order valence-electron chi connectivity index (χ4n) is 2.10. The van der Waals surface area contributed by atoms with Crippen LogP contribution in [0.25, 0.3) is 0 Å². The summed E-state index contributed by atoms with van der Waals surface area (Å²) in [5, 5.41) is 15.4. The quantitative estimate of drug-likeness (QED) is 0.662. The highest BCUT2D eigenvalue weighted by atomic mass is 16.3. The molecule has 0 bridgehead atoms. The molecule has 0 spiro atoms. The van der Waals surface area contributed by atoms with E-state index in [0.29, 0.717) is 0 Å². The standard InChI is InChI=1S/C12H24N2O2/c1-4-12(6-5-7-13-8-12)10(16)14-11(2,3)9-15/h13,15H,4-9H2,1-3H3,(H,14,16). The van der Waals surface area contributed by atoms with Crippen molar-refractivity contribution in [3.8, 4) is 0 Å². The van der Waals surface area contributed by atoms with Crippen molar-refractivity contribution in [2.45, 2.75) is 45.6 Å². The van der Waals surface area contributed by atoms with Gasteiger partial charge in [0.25, 0.3) is 0 Å². The molecule has 1 heterocycles. The highest BCUT2D eigenvalue weighted by molar-refractivity contribution is 5.83. The number of piperidine rings is 1. The van der Waals surface area contributed by atoms with Crippen molar-refractivity contribution in [1.82, 2.24) is 10.6 Å². The van der Waals surface area contributed by atoms with Crippen molar-refractivity contribution in [3.63, 3.8) is 0 Å². The first-order valence-corrected chi connectivity index (χ1v) is 6.10. The number of nitrogens with one attached hydrogen (secondary N) is 2. The van der Waals surface area contributed by atoms with Crippen molar-refractivity contribution in [3.05, 3.63) is 0 Å². The molecule has 4 heteroatoms. The average Bonchev–Trinajstić information content (AvgIpc) is 2.29. The van der Waals surface area contributed by atoms with Gasteiger partial charge in [0.2, 0.25) is 5.91 Å². The van der Waals surface area contributed by atoms with Crippen LogP contribution in [-0.2, 0) is 4.79 Å². The molecule has 0 aromatic rings. The van der Waals surface area contributed by atoms with Crippen molar-refractivity contribution >= 4 is 5.91 Å². The molecule has 0 radical (unpaired) electrons. The van der Waals surface area contributed by atoms with Gasteiger partial charge in [0.1, 0.15) is 0 Å². The van der Waals surface area contributed by atoms with Crippen LogP contribution in [0.3, 0.4) is 0 Å². The Labute approximate surface area is 97.8 Å². The molecular weight excluding hydrogens is 204 g/mol. The van der Waals surface area contributed by atoms with Gasteiger partial charge in [-0.3, -0.25) is 4.79 Å². The lowest BCUT2D eigenvalue weighted by atomic mass is 9.77. The number of hydrogen-bond acceptors (Lipinski definition) is 3. The molecule has 1 amide bonds. The molecule has 0 saturated carbocycles. The summed E-state index contributed by atoms with van der Waals surface area (Å²) in [7, 11) is 0. The first kappa shape index (κ1) is 13.5. The number of carbonyl (C=O) groups is 1. The Morgan fingerprint density at radius 3 is 2.69 bits per heavy atom. The maximum absolute atomic E-state index is 12.3. The number of aliphatic hydroxyl groups excluding tert-OH is 1. The second-order valence-electron chi connectivity index (χ2n) is 5.41. The van der Waals surface area contributed by atoms with Crippen LogP contribution in [0.5, 0.6) is 0 Å². The van der Waals surface area contributed by atoms with E-state index in [-0.39, 0.29) is 17.9 Å². The van der Waals surface area contributed by atoms with Crippen molar-refractivity contribution in [1.29, 1.82) is 0 Å². The molecule has 1 atom stereocenters. The highest BCUT2D eigenvalue weighted by Gasteiger charge is 2.39. The fourth-order valence-corrected chi connectivity index (χ4v) is 2.10. The monoisotopic (exact) mass is 228 g/mol. The van der Waals surface area contributed by atoms with Crippen molar-refractivity contribution < 1.29 is 9.90 Å². The highest BCUT2D eigenvalue weighted by Crippen LogP contribution is 2.30. The van der Waals surface area contributed by atoms with Gasteiger partial charge in [0.15, 0.2) is 0 Å². The van der Waals surface area contributed by atoms with E-state index < -0.39 is 5.54 Å². The van der Waals surface area contributed by atoms with E-state index in [0.717, 1.165) is 32.4 Å².